The highest BCUT2D eigenvalue weighted by Gasteiger charge is 2.27. The molecule has 0 aromatic heterocycles. The van der Waals surface area contributed by atoms with Gasteiger partial charge in [-0.3, -0.25) is 4.79 Å². The Hall–Kier alpha value is -1.50. The third-order valence-electron chi connectivity index (χ3n) is 3.55. The number of amides is 1. The van der Waals surface area contributed by atoms with E-state index in [1.807, 2.05) is 6.07 Å². The van der Waals surface area contributed by atoms with Gasteiger partial charge in [0.2, 0.25) is 5.91 Å². The lowest BCUT2D eigenvalue weighted by Gasteiger charge is -2.20. The summed E-state index contributed by atoms with van der Waals surface area (Å²) in [6, 6.07) is 3.23. The first-order valence-electron chi connectivity index (χ1n) is 6.90. The molecule has 1 amide bonds. The standard InChI is InChI=1S/C14H17ClN2O4/c15-10-3-8(4-12-13(10)21-2-1-20-12)6-17-14(19)11-5-9(18)7-16-11/h3-4,9,11,16,18H,1-2,5-7H2,(H,17,19). The third kappa shape index (κ3) is 3.23. The van der Waals surface area contributed by atoms with Gasteiger partial charge in [0.25, 0.3) is 0 Å². The molecule has 2 aliphatic rings. The second-order valence-electron chi connectivity index (χ2n) is 5.17. The number of aliphatic hydroxyl groups is 1. The van der Waals surface area contributed by atoms with Crippen LogP contribution in [0.25, 0.3) is 0 Å². The Morgan fingerprint density at radius 2 is 2.24 bits per heavy atom. The van der Waals surface area contributed by atoms with Crippen molar-refractivity contribution < 1.29 is 19.4 Å². The van der Waals surface area contributed by atoms with Crippen molar-refractivity contribution in [1.82, 2.24) is 10.6 Å². The lowest BCUT2D eigenvalue weighted by atomic mass is 10.1. The van der Waals surface area contributed by atoms with Crippen LogP contribution >= 0.6 is 11.6 Å². The molecule has 2 heterocycles. The van der Waals surface area contributed by atoms with E-state index in [9.17, 15) is 9.90 Å². The van der Waals surface area contributed by atoms with Crippen molar-refractivity contribution in [3.05, 3.63) is 22.7 Å². The highest BCUT2D eigenvalue weighted by molar-refractivity contribution is 6.32. The van der Waals surface area contributed by atoms with Crippen molar-refractivity contribution in [3.8, 4) is 11.5 Å². The lowest BCUT2D eigenvalue weighted by molar-refractivity contribution is -0.123. The lowest BCUT2D eigenvalue weighted by Crippen LogP contribution is -2.40. The number of carbonyl (C=O) groups excluding carboxylic acids is 1. The zero-order chi connectivity index (χ0) is 14.8. The van der Waals surface area contributed by atoms with E-state index in [1.54, 1.807) is 6.07 Å². The molecule has 2 aliphatic heterocycles. The second kappa shape index (κ2) is 6.09. The summed E-state index contributed by atoms with van der Waals surface area (Å²) in [4.78, 5) is 12.0. The van der Waals surface area contributed by atoms with Gasteiger partial charge in [0.1, 0.15) is 13.2 Å². The van der Waals surface area contributed by atoms with Crippen molar-refractivity contribution >= 4 is 17.5 Å². The van der Waals surface area contributed by atoms with Crippen LogP contribution in [0.15, 0.2) is 12.1 Å². The van der Waals surface area contributed by atoms with E-state index >= 15 is 0 Å². The maximum Gasteiger partial charge on any atom is 0.237 e. The van der Waals surface area contributed by atoms with E-state index in [0.717, 1.165) is 5.56 Å². The second-order valence-corrected chi connectivity index (χ2v) is 5.58. The van der Waals surface area contributed by atoms with Gasteiger partial charge in [-0.25, -0.2) is 0 Å². The number of halogens is 1. The summed E-state index contributed by atoms with van der Waals surface area (Å²) in [6.45, 7) is 1.78. The summed E-state index contributed by atoms with van der Waals surface area (Å²) in [5.74, 6) is 1.03. The molecule has 0 aliphatic carbocycles. The minimum atomic E-state index is -0.454. The Morgan fingerprint density at radius 3 is 3.00 bits per heavy atom. The number of rotatable bonds is 3. The smallest absolute Gasteiger partial charge is 0.237 e. The molecule has 0 bridgehead atoms. The van der Waals surface area contributed by atoms with Crippen molar-refractivity contribution in [2.75, 3.05) is 19.8 Å². The molecular weight excluding hydrogens is 296 g/mol. The number of hydrogen-bond donors (Lipinski definition) is 3. The summed E-state index contributed by atoms with van der Waals surface area (Å²) in [5.41, 5.74) is 0.844. The molecule has 21 heavy (non-hydrogen) atoms. The van der Waals surface area contributed by atoms with Gasteiger partial charge in [-0.1, -0.05) is 11.6 Å². The molecule has 1 aromatic rings. The van der Waals surface area contributed by atoms with Crippen LogP contribution < -0.4 is 20.1 Å². The first-order valence-corrected chi connectivity index (χ1v) is 7.28. The number of nitrogens with one attached hydrogen (secondary N) is 2. The molecule has 3 N–H and O–H groups in total. The molecular formula is C14H17ClN2O4. The minimum absolute atomic E-state index is 0.127. The van der Waals surface area contributed by atoms with Gasteiger partial charge in [0.15, 0.2) is 11.5 Å². The molecule has 0 spiro atoms. The molecule has 7 heteroatoms. The maximum atomic E-state index is 12.0. The Balaban J connectivity index is 1.63. The average Bonchev–Trinajstić information content (AvgIpc) is 2.91. The summed E-state index contributed by atoms with van der Waals surface area (Å²) in [6.07, 6.45) is -0.0160. The Labute approximate surface area is 127 Å². The maximum absolute atomic E-state index is 12.0. The number of hydrogen-bond acceptors (Lipinski definition) is 5. The fraction of sp³-hybridized carbons (Fsp3) is 0.500. The minimum Gasteiger partial charge on any atom is -0.486 e. The van der Waals surface area contributed by atoms with E-state index in [-0.39, 0.29) is 11.9 Å². The highest BCUT2D eigenvalue weighted by Crippen LogP contribution is 2.38. The quantitative estimate of drug-likeness (QED) is 0.755. The fourth-order valence-electron chi connectivity index (χ4n) is 2.50. The van der Waals surface area contributed by atoms with Crippen LogP contribution in [-0.2, 0) is 11.3 Å². The van der Waals surface area contributed by atoms with E-state index in [2.05, 4.69) is 10.6 Å². The molecule has 1 saturated heterocycles. The molecule has 2 unspecified atom stereocenters. The van der Waals surface area contributed by atoms with Crippen molar-refractivity contribution in [1.29, 1.82) is 0 Å². The topological polar surface area (TPSA) is 79.8 Å². The van der Waals surface area contributed by atoms with Gasteiger partial charge in [-0.05, 0) is 24.1 Å². The Morgan fingerprint density at radius 1 is 1.43 bits per heavy atom. The van der Waals surface area contributed by atoms with Crippen LogP contribution in [0.3, 0.4) is 0 Å². The summed E-state index contributed by atoms with van der Waals surface area (Å²) < 4.78 is 10.9. The van der Waals surface area contributed by atoms with Crippen LogP contribution in [0.4, 0.5) is 0 Å². The Bertz CT molecular complexity index is 552. The predicted octanol–water partition coefficient (Wildman–Crippen LogP) is 0.450. The summed E-state index contributed by atoms with van der Waals surface area (Å²) in [5, 5.41) is 15.7. The van der Waals surface area contributed by atoms with Crippen molar-refractivity contribution in [2.24, 2.45) is 0 Å². The van der Waals surface area contributed by atoms with Gasteiger partial charge in [0, 0.05) is 13.1 Å². The number of carbonyl (C=O) groups is 1. The third-order valence-corrected chi connectivity index (χ3v) is 3.83. The van der Waals surface area contributed by atoms with Crippen molar-refractivity contribution in [2.45, 2.75) is 25.1 Å². The highest BCUT2D eigenvalue weighted by atomic mass is 35.5. The van der Waals surface area contributed by atoms with Gasteiger partial charge in [-0.15, -0.1) is 0 Å². The Kier molecular flexibility index (Phi) is 4.19. The number of β-amino-alcohol motifs (C(OH)–C–C–N with tert-alkyl or cyclic N) is 1. The van der Waals surface area contributed by atoms with Crippen LogP contribution in [0.5, 0.6) is 11.5 Å². The number of benzene rings is 1. The SMILES string of the molecule is O=C(NCc1cc(Cl)c2c(c1)OCCO2)C1CC(O)CN1. The number of aliphatic hydroxyl groups excluding tert-OH is 1. The van der Waals surface area contributed by atoms with Gasteiger partial charge in [0.05, 0.1) is 17.2 Å². The van der Waals surface area contributed by atoms with Crippen molar-refractivity contribution in [3.63, 3.8) is 0 Å². The van der Waals surface area contributed by atoms with Crippen LogP contribution in [-0.4, -0.2) is 42.9 Å². The predicted molar refractivity (Wildman–Crippen MR) is 76.7 cm³/mol. The normalized spacial score (nSPS) is 23.9. The summed E-state index contributed by atoms with van der Waals surface area (Å²) >= 11 is 6.15. The fourth-order valence-corrected chi connectivity index (χ4v) is 2.78. The average molecular weight is 313 g/mol. The van der Waals surface area contributed by atoms with Gasteiger partial charge < -0.3 is 25.2 Å². The van der Waals surface area contributed by atoms with Crippen LogP contribution in [0, 0.1) is 0 Å². The molecule has 0 radical (unpaired) electrons. The van der Waals surface area contributed by atoms with Gasteiger partial charge >= 0.3 is 0 Å². The number of fused-ring (bicyclic) bond motifs is 1. The molecule has 114 valence electrons. The molecule has 1 fully saturated rings. The number of ether oxygens (including phenoxy) is 2. The summed E-state index contributed by atoms with van der Waals surface area (Å²) in [7, 11) is 0. The molecule has 2 atom stereocenters. The van der Waals surface area contributed by atoms with Crippen LogP contribution in [0.2, 0.25) is 5.02 Å². The van der Waals surface area contributed by atoms with E-state index in [0.29, 0.717) is 49.2 Å². The van der Waals surface area contributed by atoms with E-state index in [1.165, 1.54) is 0 Å². The van der Waals surface area contributed by atoms with E-state index in [4.69, 9.17) is 21.1 Å². The first kappa shape index (κ1) is 14.4. The molecule has 6 nitrogen and oxygen atoms in total. The molecule has 1 aromatic carbocycles. The molecule has 3 rings (SSSR count). The molecule has 0 saturated carbocycles. The first-order chi connectivity index (χ1) is 10.1. The van der Waals surface area contributed by atoms with Crippen LogP contribution in [0.1, 0.15) is 12.0 Å². The zero-order valence-electron chi connectivity index (χ0n) is 11.4. The van der Waals surface area contributed by atoms with Gasteiger partial charge in [-0.2, -0.15) is 0 Å². The zero-order valence-corrected chi connectivity index (χ0v) is 12.2. The largest absolute Gasteiger partial charge is 0.486 e. The monoisotopic (exact) mass is 312 g/mol. The van der Waals surface area contributed by atoms with E-state index < -0.39 is 6.10 Å².